The van der Waals surface area contributed by atoms with Crippen molar-refractivity contribution < 1.29 is 9.53 Å². The van der Waals surface area contributed by atoms with Crippen LogP contribution in [0.15, 0.2) is 29.6 Å². The minimum absolute atomic E-state index is 0.317. The molecule has 110 valence electrons. The van der Waals surface area contributed by atoms with E-state index in [0.717, 1.165) is 29.2 Å². The van der Waals surface area contributed by atoms with Crippen LogP contribution >= 0.6 is 11.3 Å². The first-order chi connectivity index (χ1) is 10.3. The number of carbonyl (C=O) groups excluding carboxylic acids is 1. The van der Waals surface area contributed by atoms with E-state index >= 15 is 0 Å². The lowest BCUT2D eigenvalue weighted by Gasteiger charge is -2.21. The van der Waals surface area contributed by atoms with Crippen molar-refractivity contribution in [3.8, 4) is 10.6 Å². The Bertz CT molecular complexity index is 633. The van der Waals surface area contributed by atoms with Gasteiger partial charge in [0.1, 0.15) is 5.01 Å². The fourth-order valence-corrected chi connectivity index (χ4v) is 3.45. The van der Waals surface area contributed by atoms with Crippen molar-refractivity contribution in [3.63, 3.8) is 0 Å². The molecule has 1 aromatic carbocycles. The van der Waals surface area contributed by atoms with Crippen LogP contribution in [0.2, 0.25) is 0 Å². The maximum absolute atomic E-state index is 11.6. The van der Waals surface area contributed by atoms with E-state index in [2.05, 4.69) is 10.7 Å². The predicted molar refractivity (Wildman–Crippen MR) is 83.5 cm³/mol. The Morgan fingerprint density at radius 3 is 3.10 bits per heavy atom. The van der Waals surface area contributed by atoms with Crippen molar-refractivity contribution in [2.24, 2.45) is 0 Å². The molecule has 2 heterocycles. The summed E-state index contributed by atoms with van der Waals surface area (Å²) in [6, 6.07) is 7.80. The van der Waals surface area contributed by atoms with Gasteiger partial charge in [-0.3, -0.25) is 0 Å². The van der Waals surface area contributed by atoms with Crippen molar-refractivity contribution in [1.29, 1.82) is 0 Å². The monoisotopic (exact) mass is 302 g/mol. The highest BCUT2D eigenvalue weighted by Crippen LogP contribution is 2.29. The molecule has 0 bridgehead atoms. The zero-order valence-electron chi connectivity index (χ0n) is 12.0. The molecule has 1 N–H and O–H groups in total. The number of nitrogens with zero attached hydrogens (tertiary/aromatic N) is 1. The van der Waals surface area contributed by atoms with E-state index in [1.807, 2.05) is 18.2 Å². The molecule has 1 aromatic heterocycles. The maximum atomic E-state index is 11.6. The number of hydrogen-bond acceptors (Lipinski definition) is 5. The number of piperidine rings is 1. The van der Waals surface area contributed by atoms with Gasteiger partial charge in [0.05, 0.1) is 24.4 Å². The molecule has 4 nitrogen and oxygen atoms in total. The Hall–Kier alpha value is -1.72. The number of carbonyl (C=O) groups is 1. The summed E-state index contributed by atoms with van der Waals surface area (Å²) in [6.45, 7) is 1.06. The maximum Gasteiger partial charge on any atom is 0.337 e. The van der Waals surface area contributed by atoms with Gasteiger partial charge in [-0.15, -0.1) is 11.3 Å². The van der Waals surface area contributed by atoms with E-state index < -0.39 is 0 Å². The Kier molecular flexibility index (Phi) is 4.31. The van der Waals surface area contributed by atoms with Gasteiger partial charge in [0.2, 0.25) is 0 Å². The van der Waals surface area contributed by atoms with Crippen LogP contribution in [0, 0.1) is 0 Å². The molecule has 1 aliphatic rings. The number of aromatic nitrogens is 1. The van der Waals surface area contributed by atoms with Gasteiger partial charge in [-0.25, -0.2) is 9.78 Å². The second-order valence-electron chi connectivity index (χ2n) is 5.15. The standard InChI is InChI=1S/C16H18N2O2S/c1-20-16(19)12-6-4-5-11(9-12)15-18-14(10-21-15)13-7-2-3-8-17-13/h4-6,9-10,13,17H,2-3,7-8H2,1H3/t13-/m1/s1. The Labute approximate surface area is 128 Å². The average Bonchev–Trinajstić information content (AvgIpc) is 3.05. The third-order valence-electron chi connectivity index (χ3n) is 3.72. The number of benzene rings is 1. The van der Waals surface area contributed by atoms with Crippen LogP contribution in [0.25, 0.3) is 10.6 Å². The van der Waals surface area contributed by atoms with E-state index in [4.69, 9.17) is 9.72 Å². The first-order valence-electron chi connectivity index (χ1n) is 7.15. The fourth-order valence-electron chi connectivity index (χ4n) is 2.58. The SMILES string of the molecule is COC(=O)c1cccc(-c2nc([C@H]3CCCCN3)cs2)c1. The molecule has 0 amide bonds. The van der Waals surface area contributed by atoms with Crippen LogP contribution in [0.4, 0.5) is 0 Å². The van der Waals surface area contributed by atoms with E-state index in [9.17, 15) is 4.79 Å². The van der Waals surface area contributed by atoms with Crippen molar-refractivity contribution in [3.05, 3.63) is 40.9 Å². The highest BCUT2D eigenvalue weighted by atomic mass is 32.1. The van der Waals surface area contributed by atoms with E-state index in [0.29, 0.717) is 11.6 Å². The van der Waals surface area contributed by atoms with Crippen LogP contribution in [-0.2, 0) is 4.74 Å². The van der Waals surface area contributed by atoms with Crippen molar-refractivity contribution in [1.82, 2.24) is 10.3 Å². The van der Waals surface area contributed by atoms with Gasteiger partial charge >= 0.3 is 5.97 Å². The first-order valence-corrected chi connectivity index (χ1v) is 8.03. The summed E-state index contributed by atoms with van der Waals surface area (Å²) in [5.74, 6) is -0.317. The van der Waals surface area contributed by atoms with Gasteiger partial charge in [-0.2, -0.15) is 0 Å². The molecule has 3 rings (SSSR count). The van der Waals surface area contributed by atoms with Gasteiger partial charge in [0.25, 0.3) is 0 Å². The number of methoxy groups -OCH3 is 1. The summed E-state index contributed by atoms with van der Waals surface area (Å²) in [5, 5.41) is 6.57. The van der Waals surface area contributed by atoms with Crippen LogP contribution in [0.1, 0.15) is 41.4 Å². The average molecular weight is 302 g/mol. The minimum Gasteiger partial charge on any atom is -0.465 e. The molecule has 0 radical (unpaired) electrons. The molecule has 21 heavy (non-hydrogen) atoms. The molecule has 1 atom stereocenters. The zero-order valence-corrected chi connectivity index (χ0v) is 12.8. The molecule has 0 unspecified atom stereocenters. The number of ether oxygens (including phenoxy) is 1. The second-order valence-corrected chi connectivity index (χ2v) is 6.01. The smallest absolute Gasteiger partial charge is 0.337 e. The van der Waals surface area contributed by atoms with Gasteiger partial charge in [-0.1, -0.05) is 18.6 Å². The van der Waals surface area contributed by atoms with Crippen molar-refractivity contribution in [2.75, 3.05) is 13.7 Å². The Morgan fingerprint density at radius 1 is 1.43 bits per heavy atom. The molecule has 5 heteroatoms. The minimum atomic E-state index is -0.317. The summed E-state index contributed by atoms with van der Waals surface area (Å²) >= 11 is 1.62. The van der Waals surface area contributed by atoms with Crippen molar-refractivity contribution >= 4 is 17.3 Å². The largest absolute Gasteiger partial charge is 0.465 e. The Morgan fingerprint density at radius 2 is 2.33 bits per heavy atom. The molecule has 1 aliphatic heterocycles. The van der Waals surface area contributed by atoms with E-state index in [-0.39, 0.29) is 5.97 Å². The molecule has 1 fully saturated rings. The molecule has 0 saturated carbocycles. The molecule has 2 aromatic rings. The quantitative estimate of drug-likeness (QED) is 0.883. The summed E-state index contributed by atoms with van der Waals surface area (Å²) < 4.78 is 4.76. The summed E-state index contributed by atoms with van der Waals surface area (Å²) in [6.07, 6.45) is 3.64. The van der Waals surface area contributed by atoms with Crippen LogP contribution in [0.3, 0.4) is 0 Å². The van der Waals surface area contributed by atoms with Crippen LogP contribution in [-0.4, -0.2) is 24.6 Å². The Balaban J connectivity index is 1.84. The van der Waals surface area contributed by atoms with E-state index in [1.54, 1.807) is 17.4 Å². The fraction of sp³-hybridized carbons (Fsp3) is 0.375. The number of rotatable bonds is 3. The summed E-state index contributed by atoms with van der Waals surface area (Å²) in [4.78, 5) is 16.3. The lowest BCUT2D eigenvalue weighted by molar-refractivity contribution is 0.0601. The zero-order chi connectivity index (χ0) is 14.7. The first kappa shape index (κ1) is 14.2. The number of esters is 1. The third kappa shape index (κ3) is 3.14. The highest BCUT2D eigenvalue weighted by Gasteiger charge is 2.18. The van der Waals surface area contributed by atoms with Crippen LogP contribution < -0.4 is 5.32 Å². The van der Waals surface area contributed by atoms with Crippen LogP contribution in [0.5, 0.6) is 0 Å². The molecular formula is C16H18N2O2S. The lowest BCUT2D eigenvalue weighted by atomic mass is 10.0. The lowest BCUT2D eigenvalue weighted by Crippen LogP contribution is -2.26. The highest BCUT2D eigenvalue weighted by molar-refractivity contribution is 7.13. The second kappa shape index (κ2) is 6.37. The third-order valence-corrected chi connectivity index (χ3v) is 4.63. The van der Waals surface area contributed by atoms with E-state index in [1.165, 1.54) is 20.0 Å². The number of hydrogen-bond donors (Lipinski definition) is 1. The normalized spacial score (nSPS) is 18.4. The summed E-state index contributed by atoms with van der Waals surface area (Å²) in [5.41, 5.74) is 2.63. The molecule has 0 aliphatic carbocycles. The van der Waals surface area contributed by atoms with Gasteiger partial charge in [-0.05, 0) is 31.5 Å². The van der Waals surface area contributed by atoms with Gasteiger partial charge in [0.15, 0.2) is 0 Å². The van der Waals surface area contributed by atoms with Gasteiger partial charge in [0, 0.05) is 10.9 Å². The van der Waals surface area contributed by atoms with Gasteiger partial charge < -0.3 is 10.1 Å². The molecule has 0 spiro atoms. The summed E-state index contributed by atoms with van der Waals surface area (Å²) in [7, 11) is 1.39. The predicted octanol–water partition coefficient (Wildman–Crippen LogP) is 3.41. The molecular weight excluding hydrogens is 284 g/mol. The molecule has 1 saturated heterocycles. The number of nitrogens with one attached hydrogen (secondary N) is 1. The topological polar surface area (TPSA) is 51.2 Å². The van der Waals surface area contributed by atoms with Crippen molar-refractivity contribution in [2.45, 2.75) is 25.3 Å². The number of thiazole rings is 1.